The van der Waals surface area contributed by atoms with Crippen molar-refractivity contribution in [1.82, 2.24) is 13.7 Å². The van der Waals surface area contributed by atoms with Gasteiger partial charge in [0, 0.05) is 19.7 Å². The molecule has 2 aromatic heterocycles. The van der Waals surface area contributed by atoms with Gasteiger partial charge in [-0.2, -0.15) is 0 Å². The zero-order valence-electron chi connectivity index (χ0n) is 20.8. The summed E-state index contributed by atoms with van der Waals surface area (Å²) >= 11 is 0. The van der Waals surface area contributed by atoms with Crippen molar-refractivity contribution in [2.45, 2.75) is 26.4 Å². The van der Waals surface area contributed by atoms with Crippen molar-refractivity contribution < 1.29 is 4.74 Å². The minimum absolute atomic E-state index is 0.314. The largest absolute Gasteiger partial charge is 0.477 e. The van der Waals surface area contributed by atoms with Crippen LogP contribution in [0.5, 0.6) is 5.75 Å². The molecule has 1 aliphatic rings. The third-order valence-electron chi connectivity index (χ3n) is 7.30. The van der Waals surface area contributed by atoms with Crippen LogP contribution in [0.2, 0.25) is 0 Å². The molecule has 3 heterocycles. The Bertz CT molecular complexity index is 1770. The van der Waals surface area contributed by atoms with Gasteiger partial charge < -0.3 is 9.30 Å². The molecule has 0 saturated heterocycles. The fraction of sp³-hybridized carbons (Fsp3) is 0.200. The van der Waals surface area contributed by atoms with Gasteiger partial charge in [-0.3, -0.25) is 13.9 Å². The van der Waals surface area contributed by atoms with Crippen molar-refractivity contribution in [3.05, 3.63) is 116 Å². The average molecular weight is 478 g/mol. The van der Waals surface area contributed by atoms with Crippen LogP contribution >= 0.6 is 0 Å². The minimum atomic E-state index is -0.496. The van der Waals surface area contributed by atoms with E-state index in [-0.39, 0.29) is 11.2 Å². The summed E-state index contributed by atoms with van der Waals surface area (Å²) < 4.78 is 11.5. The topological polar surface area (TPSA) is 58.2 Å². The summed E-state index contributed by atoms with van der Waals surface area (Å²) in [6, 6.07) is 24.3. The third-order valence-corrected chi connectivity index (χ3v) is 7.30. The Morgan fingerprint density at radius 3 is 2.28 bits per heavy atom. The molecule has 1 aliphatic heterocycles. The number of fused-ring (bicyclic) bond motifs is 5. The second-order valence-corrected chi connectivity index (χ2v) is 9.37. The Kier molecular flexibility index (Phi) is 5.00. The van der Waals surface area contributed by atoms with Gasteiger partial charge in [0.15, 0.2) is 6.10 Å². The summed E-state index contributed by atoms with van der Waals surface area (Å²) in [5.74, 6) is 0.728. The maximum atomic E-state index is 13.8. The van der Waals surface area contributed by atoms with E-state index in [0.717, 1.165) is 45.9 Å². The van der Waals surface area contributed by atoms with Crippen LogP contribution in [-0.4, -0.2) is 13.7 Å². The quantitative estimate of drug-likeness (QED) is 0.366. The van der Waals surface area contributed by atoms with Crippen LogP contribution in [0.1, 0.15) is 35.4 Å². The van der Waals surface area contributed by atoms with Crippen LogP contribution in [0, 0.1) is 6.92 Å². The van der Waals surface area contributed by atoms with Gasteiger partial charge in [0.2, 0.25) is 0 Å². The molecule has 0 amide bonds. The molecular weight excluding hydrogens is 450 g/mol. The smallest absolute Gasteiger partial charge is 0.331 e. The maximum Gasteiger partial charge on any atom is 0.331 e. The van der Waals surface area contributed by atoms with Crippen LogP contribution in [0.3, 0.4) is 0 Å². The van der Waals surface area contributed by atoms with Crippen LogP contribution in [0.15, 0.2) is 82.4 Å². The molecule has 0 radical (unpaired) electrons. The van der Waals surface area contributed by atoms with E-state index < -0.39 is 6.10 Å². The predicted octanol–water partition coefficient (Wildman–Crippen LogP) is 5.05. The molecule has 0 saturated carbocycles. The van der Waals surface area contributed by atoms with E-state index in [1.165, 1.54) is 17.2 Å². The first-order valence-corrected chi connectivity index (χ1v) is 12.2. The normalized spacial score (nSPS) is 14.4. The van der Waals surface area contributed by atoms with Crippen molar-refractivity contribution in [3.63, 3.8) is 0 Å². The van der Waals surface area contributed by atoms with Gasteiger partial charge in [0.05, 0.1) is 28.0 Å². The molecule has 180 valence electrons. The van der Waals surface area contributed by atoms with E-state index in [0.29, 0.717) is 10.9 Å². The molecule has 0 spiro atoms. The fourth-order valence-corrected chi connectivity index (χ4v) is 5.36. The molecule has 0 aliphatic carbocycles. The van der Waals surface area contributed by atoms with E-state index in [4.69, 9.17) is 4.74 Å². The number of ether oxygens (including phenoxy) is 1. The molecule has 1 atom stereocenters. The highest BCUT2D eigenvalue weighted by atomic mass is 16.5. The Hall–Kier alpha value is -4.32. The summed E-state index contributed by atoms with van der Waals surface area (Å²) in [7, 11) is 3.26. The fourth-order valence-electron chi connectivity index (χ4n) is 5.36. The van der Waals surface area contributed by atoms with E-state index in [1.54, 1.807) is 11.6 Å². The highest BCUT2D eigenvalue weighted by Gasteiger charge is 2.36. The Morgan fingerprint density at radius 2 is 1.56 bits per heavy atom. The van der Waals surface area contributed by atoms with Crippen molar-refractivity contribution in [3.8, 4) is 22.7 Å². The van der Waals surface area contributed by atoms with Gasteiger partial charge in [-0.1, -0.05) is 67.6 Å². The lowest BCUT2D eigenvalue weighted by Gasteiger charge is -2.30. The molecule has 0 N–H and O–H groups in total. The Balaban J connectivity index is 1.84. The number of hydrogen-bond donors (Lipinski definition) is 0. The number of nitrogens with zero attached hydrogens (tertiary/aromatic N) is 3. The summed E-state index contributed by atoms with van der Waals surface area (Å²) in [4.78, 5) is 26.9. The molecule has 0 unspecified atom stereocenters. The minimum Gasteiger partial charge on any atom is -0.477 e. The molecular formula is C30H27N3O3. The molecule has 36 heavy (non-hydrogen) atoms. The van der Waals surface area contributed by atoms with E-state index >= 15 is 0 Å². The zero-order chi connectivity index (χ0) is 25.1. The third kappa shape index (κ3) is 3.04. The highest BCUT2D eigenvalue weighted by Crippen LogP contribution is 2.46. The van der Waals surface area contributed by atoms with Gasteiger partial charge in [-0.15, -0.1) is 0 Å². The highest BCUT2D eigenvalue weighted by molar-refractivity contribution is 5.98. The molecule has 6 rings (SSSR count). The lowest BCUT2D eigenvalue weighted by molar-refractivity contribution is 0.229. The van der Waals surface area contributed by atoms with Gasteiger partial charge in [-0.25, -0.2) is 4.79 Å². The van der Waals surface area contributed by atoms with Crippen LogP contribution in [0.25, 0.3) is 27.8 Å². The Labute approximate surface area is 208 Å². The SMILES string of the molecule is CCc1ccc([C@@H]2Oc3ccccc3-n3c(-c4ccccc4C)c4c(=O)n(C)c(=O)n(C)c4c32)cc1. The average Bonchev–Trinajstić information content (AvgIpc) is 3.27. The number of aromatic nitrogens is 3. The van der Waals surface area contributed by atoms with Gasteiger partial charge in [-0.05, 0) is 42.2 Å². The second kappa shape index (κ2) is 8.12. The van der Waals surface area contributed by atoms with Crippen molar-refractivity contribution in [2.24, 2.45) is 14.1 Å². The van der Waals surface area contributed by atoms with E-state index in [9.17, 15) is 9.59 Å². The van der Waals surface area contributed by atoms with Crippen LogP contribution in [0.4, 0.5) is 0 Å². The summed E-state index contributed by atoms with van der Waals surface area (Å²) in [6.07, 6.45) is 0.444. The Morgan fingerprint density at radius 1 is 0.861 bits per heavy atom. The number of rotatable bonds is 3. The van der Waals surface area contributed by atoms with Crippen molar-refractivity contribution in [2.75, 3.05) is 0 Å². The van der Waals surface area contributed by atoms with Gasteiger partial charge in [0.1, 0.15) is 5.75 Å². The maximum absolute atomic E-state index is 13.8. The molecule has 6 heteroatoms. The van der Waals surface area contributed by atoms with Crippen LogP contribution < -0.4 is 16.0 Å². The van der Waals surface area contributed by atoms with E-state index in [1.807, 2.05) is 55.5 Å². The first-order chi connectivity index (χ1) is 17.4. The van der Waals surface area contributed by atoms with Crippen LogP contribution in [-0.2, 0) is 20.5 Å². The second-order valence-electron chi connectivity index (χ2n) is 9.37. The lowest BCUT2D eigenvalue weighted by atomic mass is 10.0. The summed E-state index contributed by atoms with van der Waals surface area (Å²) in [5, 5.41) is 0.513. The lowest BCUT2D eigenvalue weighted by Crippen LogP contribution is -2.37. The van der Waals surface area contributed by atoms with Crippen molar-refractivity contribution in [1.29, 1.82) is 0 Å². The number of para-hydroxylation sites is 2. The molecule has 0 fully saturated rings. The summed E-state index contributed by atoms with van der Waals surface area (Å²) in [6.45, 7) is 4.17. The zero-order valence-corrected chi connectivity index (χ0v) is 20.8. The first-order valence-electron chi connectivity index (χ1n) is 12.2. The molecule has 5 aromatic rings. The summed E-state index contributed by atoms with van der Waals surface area (Å²) in [5.41, 5.74) is 6.51. The molecule has 0 bridgehead atoms. The van der Waals surface area contributed by atoms with E-state index in [2.05, 4.69) is 35.8 Å². The van der Waals surface area contributed by atoms with Crippen molar-refractivity contribution >= 4 is 10.9 Å². The monoisotopic (exact) mass is 477 g/mol. The molecule has 6 nitrogen and oxygen atoms in total. The first kappa shape index (κ1) is 22.2. The van der Waals surface area contributed by atoms with Gasteiger partial charge >= 0.3 is 5.69 Å². The number of hydrogen-bond acceptors (Lipinski definition) is 3. The van der Waals surface area contributed by atoms with Gasteiger partial charge in [0.25, 0.3) is 5.56 Å². The number of benzene rings is 3. The predicted molar refractivity (Wildman–Crippen MR) is 142 cm³/mol. The molecule has 3 aromatic carbocycles. The number of aryl methyl sites for hydroxylation is 3. The standard InChI is InChI=1S/C30H27N3O3/c1-5-19-14-16-20(17-15-19)28-27-26-24(29(34)32(4)30(35)31(26)3)25(21-11-7-6-10-18(21)2)33(27)22-12-8-9-13-23(22)36-28/h6-17,28H,5H2,1-4H3/t28-/m0/s1.